The van der Waals surface area contributed by atoms with E-state index in [9.17, 15) is 9.59 Å². The minimum Gasteiger partial charge on any atom is -0.381 e. The van der Waals surface area contributed by atoms with Crippen molar-refractivity contribution < 1.29 is 14.3 Å². The molecule has 3 rings (SSSR count). The molecule has 1 aromatic rings. The fraction of sp³-hybridized carbons (Fsp3) is 0.619. The van der Waals surface area contributed by atoms with Gasteiger partial charge in [0.1, 0.15) is 0 Å². The van der Waals surface area contributed by atoms with E-state index in [1.807, 2.05) is 29.2 Å². The molecule has 148 valence electrons. The Labute approximate surface area is 166 Å². The van der Waals surface area contributed by atoms with Gasteiger partial charge in [0.2, 0.25) is 11.8 Å². The normalized spacial score (nSPS) is 19.1. The minimum atomic E-state index is 0.0793. The molecule has 5 nitrogen and oxygen atoms in total. The van der Waals surface area contributed by atoms with Crippen molar-refractivity contribution in [1.82, 2.24) is 10.2 Å². The number of carbonyl (C=O) groups excluding carboxylic acids is 2. The van der Waals surface area contributed by atoms with E-state index in [1.54, 1.807) is 0 Å². The molecule has 6 heteroatoms. The monoisotopic (exact) mass is 392 g/mol. The zero-order valence-corrected chi connectivity index (χ0v) is 16.5. The van der Waals surface area contributed by atoms with Crippen LogP contribution in [-0.4, -0.2) is 43.0 Å². The zero-order chi connectivity index (χ0) is 19.1. The first-order valence-corrected chi connectivity index (χ1v) is 10.4. The number of hydrogen-bond donors (Lipinski definition) is 1. The van der Waals surface area contributed by atoms with Crippen LogP contribution in [0.5, 0.6) is 0 Å². The number of halogens is 1. The number of nitrogens with one attached hydrogen (secondary N) is 1. The van der Waals surface area contributed by atoms with E-state index in [0.29, 0.717) is 43.0 Å². The third-order valence-corrected chi connectivity index (χ3v) is 5.89. The Kier molecular flexibility index (Phi) is 7.53. The van der Waals surface area contributed by atoms with E-state index >= 15 is 0 Å². The van der Waals surface area contributed by atoms with E-state index in [0.717, 1.165) is 50.8 Å². The van der Waals surface area contributed by atoms with Gasteiger partial charge in [-0.05, 0) is 55.7 Å². The van der Waals surface area contributed by atoms with E-state index in [1.165, 1.54) is 0 Å². The van der Waals surface area contributed by atoms with E-state index in [2.05, 4.69) is 5.32 Å². The maximum absolute atomic E-state index is 12.6. The van der Waals surface area contributed by atoms with Crippen molar-refractivity contribution in [1.29, 1.82) is 0 Å². The topological polar surface area (TPSA) is 58.6 Å². The number of amides is 2. The van der Waals surface area contributed by atoms with Gasteiger partial charge in [0, 0.05) is 50.2 Å². The minimum absolute atomic E-state index is 0.0793. The van der Waals surface area contributed by atoms with Gasteiger partial charge in [-0.1, -0.05) is 23.7 Å². The van der Waals surface area contributed by atoms with Gasteiger partial charge in [0.15, 0.2) is 0 Å². The van der Waals surface area contributed by atoms with Gasteiger partial charge in [0.05, 0.1) is 0 Å². The molecule has 2 amide bonds. The summed E-state index contributed by atoms with van der Waals surface area (Å²) < 4.78 is 5.35. The summed E-state index contributed by atoms with van der Waals surface area (Å²) in [6.45, 7) is 3.57. The van der Waals surface area contributed by atoms with Gasteiger partial charge in [-0.3, -0.25) is 9.59 Å². The molecule has 0 spiro atoms. The lowest BCUT2D eigenvalue weighted by Crippen LogP contribution is -2.43. The summed E-state index contributed by atoms with van der Waals surface area (Å²) in [5, 5.41) is 3.65. The van der Waals surface area contributed by atoms with Crippen molar-refractivity contribution >= 4 is 23.4 Å². The number of benzene rings is 1. The van der Waals surface area contributed by atoms with Gasteiger partial charge in [-0.25, -0.2) is 0 Å². The number of carbonyl (C=O) groups is 2. The maximum Gasteiger partial charge on any atom is 0.225 e. The highest BCUT2D eigenvalue weighted by molar-refractivity contribution is 6.30. The van der Waals surface area contributed by atoms with Crippen LogP contribution < -0.4 is 5.32 Å². The SMILES string of the molecule is O=C(CCC1CCN(C(=O)C2CCOCC2)CC1)NCc1cccc(Cl)c1. The van der Waals surface area contributed by atoms with Crippen LogP contribution in [0.4, 0.5) is 0 Å². The number of likely N-dealkylation sites (tertiary alicyclic amines) is 1. The molecular weight excluding hydrogens is 364 g/mol. The smallest absolute Gasteiger partial charge is 0.225 e. The molecule has 0 atom stereocenters. The van der Waals surface area contributed by atoms with Crippen molar-refractivity contribution in [3.63, 3.8) is 0 Å². The second kappa shape index (κ2) is 10.1. The molecule has 2 heterocycles. The predicted molar refractivity (Wildman–Crippen MR) is 105 cm³/mol. The van der Waals surface area contributed by atoms with Crippen LogP contribution in [0.15, 0.2) is 24.3 Å². The molecule has 0 unspecified atom stereocenters. The first-order valence-electron chi connectivity index (χ1n) is 9.99. The summed E-state index contributed by atoms with van der Waals surface area (Å²) in [7, 11) is 0. The number of nitrogens with zero attached hydrogens (tertiary/aromatic N) is 1. The molecule has 1 N–H and O–H groups in total. The lowest BCUT2D eigenvalue weighted by atomic mass is 9.90. The van der Waals surface area contributed by atoms with Crippen LogP contribution >= 0.6 is 11.6 Å². The van der Waals surface area contributed by atoms with Crippen LogP contribution in [0.3, 0.4) is 0 Å². The maximum atomic E-state index is 12.6. The molecule has 0 saturated carbocycles. The second-order valence-corrected chi connectivity index (χ2v) is 8.04. The van der Waals surface area contributed by atoms with Crippen LogP contribution in [0.25, 0.3) is 0 Å². The van der Waals surface area contributed by atoms with Gasteiger partial charge in [0.25, 0.3) is 0 Å². The van der Waals surface area contributed by atoms with Crippen LogP contribution in [0.1, 0.15) is 44.1 Å². The fourth-order valence-corrected chi connectivity index (χ4v) is 4.13. The molecule has 2 aliphatic rings. The van der Waals surface area contributed by atoms with E-state index in [4.69, 9.17) is 16.3 Å². The highest BCUT2D eigenvalue weighted by Gasteiger charge is 2.29. The molecule has 0 bridgehead atoms. The molecule has 0 radical (unpaired) electrons. The molecule has 1 aromatic carbocycles. The summed E-state index contributed by atoms with van der Waals surface area (Å²) in [6, 6.07) is 7.54. The molecule has 0 aliphatic carbocycles. The lowest BCUT2D eigenvalue weighted by molar-refractivity contribution is -0.140. The number of hydrogen-bond acceptors (Lipinski definition) is 3. The zero-order valence-electron chi connectivity index (χ0n) is 15.8. The Bertz CT molecular complexity index is 638. The average Bonchev–Trinajstić information content (AvgIpc) is 2.71. The summed E-state index contributed by atoms with van der Waals surface area (Å²) in [4.78, 5) is 26.7. The van der Waals surface area contributed by atoms with Gasteiger partial charge < -0.3 is 15.0 Å². The molecule has 2 saturated heterocycles. The average molecular weight is 393 g/mol. The van der Waals surface area contributed by atoms with Crippen LogP contribution in [-0.2, 0) is 20.9 Å². The highest BCUT2D eigenvalue weighted by Crippen LogP contribution is 2.25. The van der Waals surface area contributed by atoms with Gasteiger partial charge in [-0.15, -0.1) is 0 Å². The molecule has 27 heavy (non-hydrogen) atoms. The summed E-state index contributed by atoms with van der Waals surface area (Å²) >= 11 is 5.96. The summed E-state index contributed by atoms with van der Waals surface area (Å²) in [5.41, 5.74) is 1.01. The van der Waals surface area contributed by atoms with Crippen molar-refractivity contribution in [3.05, 3.63) is 34.9 Å². The van der Waals surface area contributed by atoms with Crippen LogP contribution in [0, 0.1) is 11.8 Å². The van der Waals surface area contributed by atoms with Crippen molar-refractivity contribution in [2.45, 2.75) is 45.1 Å². The predicted octanol–water partition coefficient (Wildman–Crippen LogP) is 3.40. The number of ether oxygens (including phenoxy) is 1. The fourth-order valence-electron chi connectivity index (χ4n) is 3.92. The van der Waals surface area contributed by atoms with Crippen molar-refractivity contribution in [2.24, 2.45) is 11.8 Å². The quantitative estimate of drug-likeness (QED) is 0.807. The van der Waals surface area contributed by atoms with E-state index in [-0.39, 0.29) is 11.8 Å². The Morgan fingerprint density at radius 1 is 1.15 bits per heavy atom. The Morgan fingerprint density at radius 3 is 2.59 bits per heavy atom. The standard InChI is InChI=1S/C21H29ClN2O3/c22-19-3-1-2-17(14-19)15-23-20(25)5-4-16-6-10-24(11-7-16)21(26)18-8-12-27-13-9-18/h1-3,14,16,18H,4-13,15H2,(H,23,25). The summed E-state index contributed by atoms with van der Waals surface area (Å²) in [5.74, 6) is 1.06. The lowest BCUT2D eigenvalue weighted by Gasteiger charge is -2.35. The summed E-state index contributed by atoms with van der Waals surface area (Å²) in [6.07, 6.45) is 5.13. The largest absolute Gasteiger partial charge is 0.381 e. The highest BCUT2D eigenvalue weighted by atomic mass is 35.5. The Morgan fingerprint density at radius 2 is 1.89 bits per heavy atom. The van der Waals surface area contributed by atoms with Crippen molar-refractivity contribution in [2.75, 3.05) is 26.3 Å². The first-order chi connectivity index (χ1) is 13.1. The first kappa shape index (κ1) is 20.2. The molecule has 2 aliphatic heterocycles. The number of rotatable bonds is 6. The molecule has 0 aromatic heterocycles. The van der Waals surface area contributed by atoms with Gasteiger partial charge >= 0.3 is 0 Å². The van der Waals surface area contributed by atoms with Crippen molar-refractivity contribution in [3.8, 4) is 0 Å². The molecule has 2 fully saturated rings. The third-order valence-electron chi connectivity index (χ3n) is 5.66. The number of piperidine rings is 1. The van der Waals surface area contributed by atoms with Gasteiger partial charge in [-0.2, -0.15) is 0 Å². The van der Waals surface area contributed by atoms with E-state index < -0.39 is 0 Å². The second-order valence-electron chi connectivity index (χ2n) is 7.60. The third kappa shape index (κ3) is 6.22. The molecular formula is C21H29ClN2O3. The Balaban J connectivity index is 1.33. The van der Waals surface area contributed by atoms with Crippen LogP contribution in [0.2, 0.25) is 5.02 Å². The Hall–Kier alpha value is -1.59.